The van der Waals surface area contributed by atoms with Gasteiger partial charge in [-0.05, 0) is 24.1 Å². The van der Waals surface area contributed by atoms with Gasteiger partial charge in [0.1, 0.15) is 0 Å². The number of fused-ring (bicyclic) bond motifs is 1. The lowest BCUT2D eigenvalue weighted by atomic mass is 10.1. The van der Waals surface area contributed by atoms with Crippen molar-refractivity contribution in [2.45, 2.75) is 6.42 Å². The molecule has 0 saturated heterocycles. The summed E-state index contributed by atoms with van der Waals surface area (Å²) in [5, 5.41) is 3.26. The van der Waals surface area contributed by atoms with Crippen LogP contribution in [0.3, 0.4) is 0 Å². The maximum atomic E-state index is 5.40. The first-order valence-electron chi connectivity index (χ1n) is 7.76. The van der Waals surface area contributed by atoms with Crippen LogP contribution in [0.4, 0.5) is 17.8 Å². The van der Waals surface area contributed by atoms with Crippen molar-refractivity contribution in [3.05, 3.63) is 23.8 Å². The predicted octanol–water partition coefficient (Wildman–Crippen LogP) is 1.39. The lowest BCUT2D eigenvalue weighted by Gasteiger charge is -2.16. The number of aromatic nitrogens is 3. The average Bonchev–Trinajstić information content (AvgIpc) is 3.02. The van der Waals surface area contributed by atoms with E-state index in [1.165, 1.54) is 5.56 Å². The van der Waals surface area contributed by atoms with E-state index in [-0.39, 0.29) is 0 Å². The fourth-order valence-corrected chi connectivity index (χ4v) is 2.25. The van der Waals surface area contributed by atoms with Gasteiger partial charge < -0.3 is 24.6 Å². The van der Waals surface area contributed by atoms with Gasteiger partial charge in [-0.1, -0.05) is 6.07 Å². The van der Waals surface area contributed by atoms with Crippen molar-refractivity contribution in [2.75, 3.05) is 56.6 Å². The Balaban J connectivity index is 1.65. The van der Waals surface area contributed by atoms with Crippen LogP contribution in [0.15, 0.2) is 18.2 Å². The minimum atomic E-state index is 0.294. The van der Waals surface area contributed by atoms with Crippen LogP contribution < -0.4 is 24.6 Å². The molecule has 0 spiro atoms. The Labute approximate surface area is 141 Å². The van der Waals surface area contributed by atoms with E-state index in [2.05, 4.69) is 20.3 Å². The van der Waals surface area contributed by atoms with Crippen molar-refractivity contribution in [3.63, 3.8) is 0 Å². The summed E-state index contributed by atoms with van der Waals surface area (Å²) < 4.78 is 10.7. The van der Waals surface area contributed by atoms with E-state index in [4.69, 9.17) is 9.47 Å². The van der Waals surface area contributed by atoms with E-state index in [0.29, 0.717) is 31.2 Å². The third-order valence-corrected chi connectivity index (χ3v) is 3.55. The minimum Gasteiger partial charge on any atom is -0.454 e. The molecule has 128 valence electrons. The molecule has 8 nitrogen and oxygen atoms in total. The number of anilines is 3. The number of hydrogen-bond acceptors (Lipinski definition) is 8. The predicted molar refractivity (Wildman–Crippen MR) is 93.2 cm³/mol. The highest BCUT2D eigenvalue weighted by atomic mass is 16.7. The minimum absolute atomic E-state index is 0.294. The van der Waals surface area contributed by atoms with Gasteiger partial charge in [0, 0.05) is 34.7 Å². The van der Waals surface area contributed by atoms with Gasteiger partial charge in [0.15, 0.2) is 11.5 Å². The maximum Gasteiger partial charge on any atom is 0.231 e. The Hall–Kier alpha value is -2.77. The van der Waals surface area contributed by atoms with Gasteiger partial charge in [0.2, 0.25) is 24.6 Å². The first-order chi connectivity index (χ1) is 11.5. The van der Waals surface area contributed by atoms with Crippen molar-refractivity contribution >= 4 is 17.8 Å². The molecule has 0 radical (unpaired) electrons. The van der Waals surface area contributed by atoms with Crippen LogP contribution in [0.5, 0.6) is 11.5 Å². The zero-order chi connectivity index (χ0) is 17.1. The second kappa shape index (κ2) is 6.77. The first-order valence-corrected chi connectivity index (χ1v) is 7.76. The van der Waals surface area contributed by atoms with Gasteiger partial charge >= 0.3 is 0 Å². The molecule has 1 aliphatic heterocycles. The molecule has 0 fully saturated rings. The quantitative estimate of drug-likeness (QED) is 0.851. The van der Waals surface area contributed by atoms with Gasteiger partial charge in [0.25, 0.3) is 0 Å². The molecule has 1 aromatic carbocycles. The van der Waals surface area contributed by atoms with Crippen LogP contribution in [0, 0.1) is 0 Å². The monoisotopic (exact) mass is 330 g/mol. The topological polar surface area (TPSA) is 75.6 Å². The van der Waals surface area contributed by atoms with Crippen LogP contribution in [0.1, 0.15) is 5.56 Å². The Bertz CT molecular complexity index is 693. The zero-order valence-electron chi connectivity index (χ0n) is 14.4. The van der Waals surface area contributed by atoms with Crippen molar-refractivity contribution in [3.8, 4) is 11.5 Å². The fraction of sp³-hybridized carbons (Fsp3) is 0.438. The molecule has 1 aromatic heterocycles. The molecule has 0 saturated carbocycles. The highest BCUT2D eigenvalue weighted by Crippen LogP contribution is 2.32. The number of nitrogens with one attached hydrogen (secondary N) is 1. The second-order valence-corrected chi connectivity index (χ2v) is 5.91. The third kappa shape index (κ3) is 3.58. The number of ether oxygens (including phenoxy) is 2. The molecule has 1 aliphatic rings. The highest BCUT2D eigenvalue weighted by Gasteiger charge is 2.13. The third-order valence-electron chi connectivity index (χ3n) is 3.55. The first kappa shape index (κ1) is 16.1. The summed E-state index contributed by atoms with van der Waals surface area (Å²) in [6, 6.07) is 5.99. The molecular weight excluding hydrogens is 308 g/mol. The Morgan fingerprint density at radius 1 is 0.958 bits per heavy atom. The summed E-state index contributed by atoms with van der Waals surface area (Å²) >= 11 is 0. The van der Waals surface area contributed by atoms with Gasteiger partial charge in [-0.3, -0.25) is 0 Å². The Morgan fingerprint density at radius 2 is 1.62 bits per heavy atom. The normalized spacial score (nSPS) is 12.2. The fourth-order valence-electron chi connectivity index (χ4n) is 2.25. The molecule has 0 amide bonds. The largest absolute Gasteiger partial charge is 0.454 e. The molecule has 2 aromatic rings. The van der Waals surface area contributed by atoms with Crippen LogP contribution in [0.25, 0.3) is 0 Å². The SMILES string of the molecule is CN(C)c1nc(NCCc2ccc3c(c2)OCO3)nc(N(C)C)n1. The summed E-state index contributed by atoms with van der Waals surface area (Å²) in [5.74, 6) is 3.42. The van der Waals surface area contributed by atoms with Gasteiger partial charge in [-0.25, -0.2) is 0 Å². The molecule has 0 aliphatic carbocycles. The Morgan fingerprint density at radius 3 is 2.29 bits per heavy atom. The second-order valence-electron chi connectivity index (χ2n) is 5.91. The lowest BCUT2D eigenvalue weighted by Crippen LogP contribution is -2.20. The van der Waals surface area contributed by atoms with Crippen LogP contribution in [-0.2, 0) is 6.42 Å². The molecule has 0 bridgehead atoms. The van der Waals surface area contributed by atoms with E-state index in [1.807, 2.05) is 56.2 Å². The number of nitrogens with zero attached hydrogens (tertiary/aromatic N) is 5. The zero-order valence-corrected chi connectivity index (χ0v) is 14.4. The van der Waals surface area contributed by atoms with E-state index in [9.17, 15) is 0 Å². The molecule has 3 rings (SSSR count). The summed E-state index contributed by atoms with van der Waals surface area (Å²) in [6.45, 7) is 1.01. The smallest absolute Gasteiger partial charge is 0.231 e. The summed E-state index contributed by atoms with van der Waals surface area (Å²) in [4.78, 5) is 17.0. The molecule has 0 atom stereocenters. The van der Waals surface area contributed by atoms with Crippen LogP contribution in [-0.4, -0.2) is 56.5 Å². The van der Waals surface area contributed by atoms with Crippen molar-refractivity contribution in [2.24, 2.45) is 0 Å². The molecule has 24 heavy (non-hydrogen) atoms. The summed E-state index contributed by atoms with van der Waals surface area (Å²) in [5.41, 5.74) is 1.17. The van der Waals surface area contributed by atoms with Crippen molar-refractivity contribution in [1.29, 1.82) is 0 Å². The summed E-state index contributed by atoms with van der Waals surface area (Å²) in [7, 11) is 7.63. The summed E-state index contributed by atoms with van der Waals surface area (Å²) in [6.07, 6.45) is 0.830. The molecule has 8 heteroatoms. The van der Waals surface area contributed by atoms with Crippen LogP contribution in [0.2, 0.25) is 0 Å². The molecule has 0 unspecified atom stereocenters. The van der Waals surface area contributed by atoms with Gasteiger partial charge in [0.05, 0.1) is 0 Å². The molecular formula is C16H22N6O2. The van der Waals surface area contributed by atoms with E-state index in [0.717, 1.165) is 17.9 Å². The molecule has 1 N–H and O–H groups in total. The average molecular weight is 330 g/mol. The standard InChI is InChI=1S/C16H22N6O2/c1-21(2)15-18-14(19-16(20-15)22(3)4)17-8-7-11-5-6-12-13(9-11)24-10-23-12/h5-6,9H,7-8,10H2,1-4H3,(H,17,18,19,20). The molecule has 2 heterocycles. The van der Waals surface area contributed by atoms with E-state index in [1.54, 1.807) is 0 Å². The van der Waals surface area contributed by atoms with Crippen LogP contribution >= 0.6 is 0 Å². The van der Waals surface area contributed by atoms with E-state index >= 15 is 0 Å². The van der Waals surface area contributed by atoms with Crippen molar-refractivity contribution in [1.82, 2.24) is 15.0 Å². The highest BCUT2D eigenvalue weighted by molar-refractivity contribution is 5.46. The van der Waals surface area contributed by atoms with Crippen molar-refractivity contribution < 1.29 is 9.47 Å². The number of hydrogen-bond donors (Lipinski definition) is 1. The number of rotatable bonds is 6. The maximum absolute atomic E-state index is 5.40. The number of benzene rings is 1. The van der Waals surface area contributed by atoms with Gasteiger partial charge in [-0.15, -0.1) is 0 Å². The Kier molecular flexibility index (Phi) is 4.54. The van der Waals surface area contributed by atoms with Gasteiger partial charge in [-0.2, -0.15) is 15.0 Å². The van der Waals surface area contributed by atoms with E-state index < -0.39 is 0 Å². The lowest BCUT2D eigenvalue weighted by molar-refractivity contribution is 0.174.